The molecule has 1 aromatic carbocycles. The number of nitrogens with zero attached hydrogens (tertiary/aromatic N) is 3. The van der Waals surface area contributed by atoms with E-state index in [1.807, 2.05) is 0 Å². The number of rotatable bonds is 5. The van der Waals surface area contributed by atoms with E-state index in [9.17, 15) is 9.18 Å². The van der Waals surface area contributed by atoms with E-state index >= 15 is 4.39 Å². The molecule has 5 rings (SSSR count). The van der Waals surface area contributed by atoms with Crippen LogP contribution in [0.1, 0.15) is 43.0 Å². The van der Waals surface area contributed by atoms with Crippen LogP contribution in [0.5, 0.6) is 0 Å². The Kier molecular flexibility index (Phi) is 5.01. The molecule has 2 fully saturated rings. The molecule has 0 bridgehead atoms. The molecule has 2 heterocycles. The molecule has 1 amide bonds. The number of fused-ring (bicyclic) bond motifs is 1. The summed E-state index contributed by atoms with van der Waals surface area (Å²) in [5, 5.41) is 3.29. The number of benzene rings is 1. The molecule has 2 aromatic rings. The highest BCUT2D eigenvalue weighted by Crippen LogP contribution is 2.66. The lowest BCUT2D eigenvalue weighted by molar-refractivity contribution is -0.121. The van der Waals surface area contributed by atoms with Gasteiger partial charge in [-0.05, 0) is 56.0 Å². The zero-order chi connectivity index (χ0) is 23.4. The first kappa shape index (κ1) is 21.6. The van der Waals surface area contributed by atoms with Crippen LogP contribution < -0.4 is 11.1 Å². The number of carbonyl (C=O) groups excluding carboxylic acids is 1. The van der Waals surface area contributed by atoms with Crippen LogP contribution in [0.2, 0.25) is 0 Å². The lowest BCUT2D eigenvalue weighted by Crippen LogP contribution is -2.44. The van der Waals surface area contributed by atoms with Gasteiger partial charge in [0.25, 0.3) is 0 Å². The maximum Gasteiger partial charge on any atom is 0.237 e. The monoisotopic (exact) mass is 465 g/mol. The Morgan fingerprint density at radius 1 is 1.36 bits per heavy atom. The Balaban J connectivity index is 1.48. The number of nitrogens with one attached hydrogen (secondary N) is 1. The Morgan fingerprint density at radius 2 is 2.15 bits per heavy atom. The molecule has 0 spiro atoms. The molecule has 1 aliphatic heterocycles. The van der Waals surface area contributed by atoms with Crippen LogP contribution in [-0.4, -0.2) is 26.8 Å². The van der Waals surface area contributed by atoms with Gasteiger partial charge in [0.15, 0.2) is 5.17 Å². The average Bonchev–Trinajstić information content (AvgIpc) is 3.71. The summed E-state index contributed by atoms with van der Waals surface area (Å²) >= 11 is 1.25. The summed E-state index contributed by atoms with van der Waals surface area (Å²) in [5.41, 5.74) is 6.16. The van der Waals surface area contributed by atoms with Gasteiger partial charge in [0.2, 0.25) is 11.6 Å². The van der Waals surface area contributed by atoms with Crippen molar-refractivity contribution in [3.05, 3.63) is 70.6 Å². The first-order valence-electron chi connectivity index (χ1n) is 10.6. The summed E-state index contributed by atoms with van der Waals surface area (Å²) in [4.78, 5) is 24.7. The van der Waals surface area contributed by atoms with Crippen LogP contribution >= 0.6 is 11.8 Å². The number of pyridine rings is 1. The first-order chi connectivity index (χ1) is 15.7. The van der Waals surface area contributed by atoms with Crippen LogP contribution in [0.4, 0.5) is 14.5 Å². The normalized spacial score (nSPS) is 28.4. The zero-order valence-corrected chi connectivity index (χ0v) is 18.6. The standard InChI is InChI=1S/C24H21F2N5OS/c1-23(20-11-24(20,33-22(27)31-23)21(32)30-14-4-5-14)16-9-13(3-7-17(16)25)10-18(26)19-8-6-15(28-2)12-29-19/h3,6-10,12,14,20H,4-5,11H2,1H3,(H2,27,31)(H,30,32)/b18-10-/t20-,23+,24-/m0/s1. The third kappa shape index (κ3) is 3.78. The van der Waals surface area contributed by atoms with Gasteiger partial charge in [-0.15, -0.1) is 0 Å². The van der Waals surface area contributed by atoms with Crippen LogP contribution in [0.25, 0.3) is 16.7 Å². The molecular weight excluding hydrogens is 444 g/mol. The predicted octanol–water partition coefficient (Wildman–Crippen LogP) is 4.55. The van der Waals surface area contributed by atoms with Crippen LogP contribution in [-0.2, 0) is 10.3 Å². The molecular formula is C24H21F2N5OS. The third-order valence-electron chi connectivity index (χ3n) is 6.47. The average molecular weight is 466 g/mol. The van der Waals surface area contributed by atoms with E-state index in [4.69, 9.17) is 12.3 Å². The fraction of sp³-hybridized carbons (Fsp3) is 0.333. The fourth-order valence-corrected chi connectivity index (χ4v) is 5.82. The van der Waals surface area contributed by atoms with Gasteiger partial charge in [0, 0.05) is 23.7 Å². The predicted molar refractivity (Wildman–Crippen MR) is 124 cm³/mol. The lowest BCUT2D eigenvalue weighted by Gasteiger charge is -2.34. The van der Waals surface area contributed by atoms with Crippen molar-refractivity contribution in [1.82, 2.24) is 10.3 Å². The van der Waals surface area contributed by atoms with Gasteiger partial charge in [-0.25, -0.2) is 13.6 Å². The second kappa shape index (κ2) is 7.66. The van der Waals surface area contributed by atoms with Crippen molar-refractivity contribution in [2.75, 3.05) is 0 Å². The van der Waals surface area contributed by atoms with Crippen molar-refractivity contribution in [2.45, 2.75) is 42.5 Å². The number of nitrogens with two attached hydrogens (primary N) is 1. The molecule has 3 aliphatic rings. The maximum atomic E-state index is 15.0. The van der Waals surface area contributed by atoms with E-state index in [-0.39, 0.29) is 34.3 Å². The van der Waals surface area contributed by atoms with Crippen molar-refractivity contribution in [3.8, 4) is 0 Å². The molecule has 0 radical (unpaired) electrons. The maximum absolute atomic E-state index is 15.0. The largest absolute Gasteiger partial charge is 0.378 e. The summed E-state index contributed by atoms with van der Waals surface area (Å²) in [6.07, 6.45) is 5.05. The van der Waals surface area contributed by atoms with Crippen molar-refractivity contribution in [3.63, 3.8) is 0 Å². The topological polar surface area (TPSA) is 84.7 Å². The second-order valence-corrected chi connectivity index (χ2v) is 10.2. The minimum absolute atomic E-state index is 0.0690. The third-order valence-corrected chi connectivity index (χ3v) is 7.77. The van der Waals surface area contributed by atoms with Crippen LogP contribution in [0, 0.1) is 18.3 Å². The molecule has 0 saturated heterocycles. The van der Waals surface area contributed by atoms with E-state index < -0.39 is 21.9 Å². The second-order valence-electron chi connectivity index (χ2n) is 8.84. The Hall–Kier alpha value is -3.25. The van der Waals surface area contributed by atoms with E-state index in [0.717, 1.165) is 12.8 Å². The summed E-state index contributed by atoms with van der Waals surface area (Å²) in [6.45, 7) is 8.75. The van der Waals surface area contributed by atoms with E-state index in [1.165, 1.54) is 48.3 Å². The molecule has 2 saturated carbocycles. The number of thioether (sulfide) groups is 1. The fourth-order valence-electron chi connectivity index (χ4n) is 4.44. The Morgan fingerprint density at radius 3 is 2.82 bits per heavy atom. The molecule has 0 unspecified atom stereocenters. The Labute approximate surface area is 194 Å². The Bertz CT molecular complexity index is 1250. The van der Waals surface area contributed by atoms with Gasteiger partial charge in [-0.1, -0.05) is 23.9 Å². The van der Waals surface area contributed by atoms with Crippen molar-refractivity contribution < 1.29 is 13.6 Å². The molecule has 1 aromatic heterocycles. The number of amidine groups is 1. The zero-order valence-electron chi connectivity index (χ0n) is 17.8. The summed E-state index contributed by atoms with van der Waals surface area (Å²) in [6, 6.07) is 7.42. The highest BCUT2D eigenvalue weighted by Gasteiger charge is 2.70. The number of carbonyl (C=O) groups is 1. The number of hydrogen-bond acceptors (Lipinski definition) is 5. The minimum Gasteiger partial charge on any atom is -0.378 e. The number of hydrogen-bond donors (Lipinski definition) is 2. The van der Waals surface area contributed by atoms with E-state index in [0.29, 0.717) is 17.7 Å². The molecule has 3 atom stereocenters. The van der Waals surface area contributed by atoms with Crippen LogP contribution in [0.3, 0.4) is 0 Å². The van der Waals surface area contributed by atoms with Gasteiger partial charge < -0.3 is 11.1 Å². The number of aromatic nitrogens is 1. The summed E-state index contributed by atoms with van der Waals surface area (Å²) < 4.78 is 29.1. The number of amides is 1. The van der Waals surface area contributed by atoms with Crippen LogP contribution in [0.15, 0.2) is 41.5 Å². The lowest BCUT2D eigenvalue weighted by atomic mass is 9.84. The van der Waals surface area contributed by atoms with Crippen molar-refractivity contribution in [2.24, 2.45) is 16.6 Å². The first-order valence-corrected chi connectivity index (χ1v) is 11.4. The molecule has 168 valence electrons. The highest BCUT2D eigenvalue weighted by molar-refractivity contribution is 8.15. The van der Waals surface area contributed by atoms with Gasteiger partial charge >= 0.3 is 0 Å². The molecule has 6 nitrogen and oxygen atoms in total. The van der Waals surface area contributed by atoms with Crippen molar-refractivity contribution in [1.29, 1.82) is 0 Å². The van der Waals surface area contributed by atoms with Gasteiger partial charge in [-0.2, -0.15) is 0 Å². The smallest absolute Gasteiger partial charge is 0.237 e. The molecule has 2 aliphatic carbocycles. The van der Waals surface area contributed by atoms with Gasteiger partial charge in [-0.3, -0.25) is 14.8 Å². The number of halogens is 2. The summed E-state index contributed by atoms with van der Waals surface area (Å²) in [7, 11) is 0. The SMILES string of the molecule is [C-]#[N+]c1ccc(/C(F)=C/c2ccc(F)c([C@@]3(C)N=C(N)S[C@@]4(C(=O)NC5CC5)C[C@H]43)c2)nc1. The molecule has 9 heteroatoms. The highest BCUT2D eigenvalue weighted by atomic mass is 32.2. The quantitative estimate of drug-likeness (QED) is 0.635. The van der Waals surface area contributed by atoms with Crippen molar-refractivity contribution >= 4 is 40.4 Å². The molecule has 33 heavy (non-hydrogen) atoms. The van der Waals surface area contributed by atoms with Gasteiger partial charge in [0.05, 0.1) is 17.8 Å². The van der Waals surface area contributed by atoms with Gasteiger partial charge in [0.1, 0.15) is 16.4 Å². The number of aliphatic imine (C=N–C) groups is 1. The summed E-state index contributed by atoms with van der Waals surface area (Å²) in [5.74, 6) is -1.38. The molecule has 3 N–H and O–H groups in total. The van der Waals surface area contributed by atoms with E-state index in [1.54, 1.807) is 13.0 Å². The van der Waals surface area contributed by atoms with E-state index in [2.05, 4.69) is 20.1 Å². The minimum atomic E-state index is -1.05.